The van der Waals surface area contributed by atoms with Crippen LogP contribution in [0.4, 0.5) is 18.9 Å². The average Bonchev–Trinajstić information content (AvgIpc) is 2.98. The van der Waals surface area contributed by atoms with Gasteiger partial charge in [-0.2, -0.15) is 13.2 Å². The number of pyridine rings is 2. The molecule has 9 heteroatoms. The Morgan fingerprint density at radius 2 is 1.85 bits per heavy atom. The molecule has 0 spiro atoms. The first-order valence-electron chi connectivity index (χ1n) is 13.8. The van der Waals surface area contributed by atoms with E-state index in [2.05, 4.69) is 20.8 Å². The van der Waals surface area contributed by atoms with Gasteiger partial charge in [-0.15, -0.1) is 12.3 Å². The number of aromatic nitrogens is 2. The summed E-state index contributed by atoms with van der Waals surface area (Å²) in [5.74, 6) is 2.80. The lowest BCUT2D eigenvalue weighted by Gasteiger charge is -2.30. The number of rotatable bonds is 12. The molecule has 0 saturated carbocycles. The molecule has 0 radical (unpaired) electrons. The number of carbonyl (C=O) groups is 1. The van der Waals surface area contributed by atoms with Gasteiger partial charge in [0, 0.05) is 60.7 Å². The van der Waals surface area contributed by atoms with E-state index in [0.29, 0.717) is 44.4 Å². The Kier molecular flexibility index (Phi) is 10.4. The normalized spacial score (nSPS) is 13.6. The van der Waals surface area contributed by atoms with Crippen molar-refractivity contribution in [2.24, 2.45) is 0 Å². The maximum Gasteiger partial charge on any atom is 0.416 e. The minimum Gasteiger partial charge on any atom is -0.476 e. The Balaban J connectivity index is 1.53. The van der Waals surface area contributed by atoms with Crippen molar-refractivity contribution >= 4 is 11.5 Å². The maximum absolute atomic E-state index is 13.1. The van der Waals surface area contributed by atoms with Crippen LogP contribution < -0.4 is 9.64 Å². The molecule has 1 saturated heterocycles. The van der Waals surface area contributed by atoms with E-state index in [4.69, 9.17) is 15.9 Å². The van der Waals surface area contributed by atoms with E-state index in [1.165, 1.54) is 12.1 Å². The van der Waals surface area contributed by atoms with Gasteiger partial charge in [0.2, 0.25) is 5.88 Å². The summed E-state index contributed by atoms with van der Waals surface area (Å²) >= 11 is 0. The Hall–Kier alpha value is -3.90. The van der Waals surface area contributed by atoms with Crippen molar-refractivity contribution in [2.45, 2.75) is 51.6 Å². The van der Waals surface area contributed by atoms with Crippen molar-refractivity contribution in [2.75, 3.05) is 37.8 Å². The van der Waals surface area contributed by atoms with Crippen molar-refractivity contribution in [3.8, 4) is 29.4 Å². The summed E-state index contributed by atoms with van der Waals surface area (Å²) in [4.78, 5) is 24.2. The third kappa shape index (κ3) is 8.30. The number of halogens is 3. The summed E-state index contributed by atoms with van der Waals surface area (Å²) in [5.41, 5.74) is 2.98. The predicted octanol–water partition coefficient (Wildman–Crippen LogP) is 6.70. The van der Waals surface area contributed by atoms with Crippen LogP contribution in [-0.4, -0.2) is 48.7 Å². The largest absolute Gasteiger partial charge is 0.476 e. The summed E-state index contributed by atoms with van der Waals surface area (Å²) in [6.07, 6.45) is 8.85. The number of ketones is 1. The second-order valence-corrected chi connectivity index (χ2v) is 10.0. The average molecular weight is 566 g/mol. The molecule has 2 aromatic heterocycles. The van der Waals surface area contributed by atoms with Crippen molar-refractivity contribution in [1.29, 1.82) is 0 Å². The molecule has 1 aromatic carbocycles. The van der Waals surface area contributed by atoms with E-state index in [0.717, 1.165) is 66.7 Å². The quantitative estimate of drug-likeness (QED) is 0.138. The zero-order chi connectivity index (χ0) is 29.2. The minimum absolute atomic E-state index is 0.00997. The number of Topliss-reactive ketones (excluding diaryl/α,β-unsaturated/α-hetero) is 1. The van der Waals surface area contributed by atoms with Gasteiger partial charge in [-0.1, -0.05) is 25.0 Å². The molecule has 0 bridgehead atoms. The molecule has 0 N–H and O–H groups in total. The fourth-order valence-electron chi connectivity index (χ4n) is 4.70. The number of alkyl halides is 3. The van der Waals surface area contributed by atoms with E-state index in [9.17, 15) is 18.0 Å². The number of benzene rings is 1. The highest BCUT2D eigenvalue weighted by atomic mass is 19.4. The van der Waals surface area contributed by atoms with Crippen molar-refractivity contribution in [3.63, 3.8) is 0 Å². The zero-order valence-corrected chi connectivity index (χ0v) is 23.2. The molecular formula is C32H34F3N3O3. The van der Waals surface area contributed by atoms with Crippen LogP contribution in [0.15, 0.2) is 48.8 Å². The molecule has 1 aliphatic heterocycles. The standard InChI is InChI=1S/C32H34F3N3O3/c1-3-4-5-6-7-8-14-41-31-29(38-12-15-40-16-13-38)20-26(22-37-31)28-17-24(21-36-23(28)2)18-30(39)25-10-9-11-27(19-25)32(33,34)35/h1,9-11,17,19-22H,4-8,12-16,18H2,2H3. The number of aryl methyl sites for hydroxylation is 1. The van der Waals surface area contributed by atoms with Gasteiger partial charge in [0.15, 0.2) is 5.78 Å². The predicted molar refractivity (Wildman–Crippen MR) is 152 cm³/mol. The number of hydrogen-bond acceptors (Lipinski definition) is 6. The molecule has 6 nitrogen and oxygen atoms in total. The highest BCUT2D eigenvalue weighted by Crippen LogP contribution is 2.34. The Bertz CT molecular complexity index is 1380. The molecule has 216 valence electrons. The van der Waals surface area contributed by atoms with Crippen LogP contribution in [-0.2, 0) is 17.3 Å². The molecule has 0 atom stereocenters. The molecule has 0 amide bonds. The van der Waals surface area contributed by atoms with Crippen LogP contribution in [0.2, 0.25) is 0 Å². The van der Waals surface area contributed by atoms with E-state index in [-0.39, 0.29) is 12.0 Å². The zero-order valence-electron chi connectivity index (χ0n) is 23.2. The molecular weight excluding hydrogens is 531 g/mol. The summed E-state index contributed by atoms with van der Waals surface area (Å²) in [6, 6.07) is 8.36. The first-order chi connectivity index (χ1) is 19.8. The molecule has 41 heavy (non-hydrogen) atoms. The first kappa shape index (κ1) is 30.1. The molecule has 4 rings (SSSR count). The summed E-state index contributed by atoms with van der Waals surface area (Å²) in [5, 5.41) is 0. The number of ether oxygens (including phenoxy) is 2. The monoisotopic (exact) mass is 565 g/mol. The van der Waals surface area contributed by atoms with Crippen LogP contribution in [0.3, 0.4) is 0 Å². The van der Waals surface area contributed by atoms with Crippen LogP contribution in [0.1, 0.15) is 59.3 Å². The molecule has 0 aliphatic carbocycles. The van der Waals surface area contributed by atoms with Gasteiger partial charge in [-0.25, -0.2) is 4.98 Å². The lowest BCUT2D eigenvalue weighted by molar-refractivity contribution is -0.137. The van der Waals surface area contributed by atoms with E-state index in [1.807, 2.05) is 19.1 Å². The van der Waals surface area contributed by atoms with Gasteiger partial charge in [0.05, 0.1) is 25.4 Å². The lowest BCUT2D eigenvalue weighted by atomic mass is 9.98. The third-order valence-electron chi connectivity index (χ3n) is 6.97. The number of nitrogens with zero attached hydrogens (tertiary/aromatic N) is 3. The van der Waals surface area contributed by atoms with Gasteiger partial charge >= 0.3 is 6.18 Å². The number of unbranched alkanes of at least 4 members (excludes halogenated alkanes) is 4. The molecule has 3 heterocycles. The van der Waals surface area contributed by atoms with E-state index < -0.39 is 17.5 Å². The SMILES string of the molecule is C#CCCCCCCOc1ncc(-c2cc(CC(=O)c3cccc(C(F)(F)F)c3)cnc2C)cc1N1CCOCC1. The molecule has 1 fully saturated rings. The summed E-state index contributed by atoms with van der Waals surface area (Å²) in [7, 11) is 0. The lowest BCUT2D eigenvalue weighted by Crippen LogP contribution is -2.36. The van der Waals surface area contributed by atoms with Crippen LogP contribution in [0, 0.1) is 19.3 Å². The first-order valence-corrected chi connectivity index (χ1v) is 13.8. The number of morpholine rings is 1. The minimum atomic E-state index is -4.52. The van der Waals surface area contributed by atoms with Crippen LogP contribution in [0.5, 0.6) is 5.88 Å². The molecule has 0 unspecified atom stereocenters. The van der Waals surface area contributed by atoms with Crippen molar-refractivity contribution < 1.29 is 27.4 Å². The van der Waals surface area contributed by atoms with Gasteiger partial charge in [-0.3, -0.25) is 9.78 Å². The number of anilines is 1. The molecule has 3 aromatic rings. The highest BCUT2D eigenvalue weighted by molar-refractivity contribution is 5.97. The van der Waals surface area contributed by atoms with Gasteiger partial charge in [0.1, 0.15) is 5.69 Å². The Labute approximate surface area is 238 Å². The Morgan fingerprint density at radius 1 is 1.07 bits per heavy atom. The summed E-state index contributed by atoms with van der Waals surface area (Å²) in [6.45, 7) is 5.03. The second-order valence-electron chi connectivity index (χ2n) is 10.0. The van der Waals surface area contributed by atoms with E-state index >= 15 is 0 Å². The van der Waals surface area contributed by atoms with Gasteiger partial charge < -0.3 is 14.4 Å². The number of terminal acetylenes is 1. The molecule has 1 aliphatic rings. The second kappa shape index (κ2) is 14.1. The van der Waals surface area contributed by atoms with Crippen molar-refractivity contribution in [1.82, 2.24) is 9.97 Å². The van der Waals surface area contributed by atoms with Gasteiger partial charge in [-0.05, 0) is 49.6 Å². The topological polar surface area (TPSA) is 64.5 Å². The van der Waals surface area contributed by atoms with Crippen molar-refractivity contribution in [3.05, 3.63) is 71.2 Å². The van der Waals surface area contributed by atoms with Crippen LogP contribution in [0.25, 0.3) is 11.1 Å². The smallest absolute Gasteiger partial charge is 0.416 e. The van der Waals surface area contributed by atoms with E-state index in [1.54, 1.807) is 12.4 Å². The third-order valence-corrected chi connectivity index (χ3v) is 6.97. The number of carbonyl (C=O) groups excluding carboxylic acids is 1. The maximum atomic E-state index is 13.1. The Morgan fingerprint density at radius 3 is 2.61 bits per heavy atom. The number of hydrogen-bond donors (Lipinski definition) is 0. The van der Waals surface area contributed by atoms with Gasteiger partial charge in [0.25, 0.3) is 0 Å². The highest BCUT2D eigenvalue weighted by Gasteiger charge is 2.31. The fraction of sp³-hybridized carbons (Fsp3) is 0.406. The summed E-state index contributed by atoms with van der Waals surface area (Å²) < 4.78 is 51.0. The van der Waals surface area contributed by atoms with Crippen LogP contribution >= 0.6 is 0 Å². The fourth-order valence-corrected chi connectivity index (χ4v) is 4.70.